The summed E-state index contributed by atoms with van der Waals surface area (Å²) in [6.45, 7) is 0. The molecule has 0 aromatic heterocycles. The Morgan fingerprint density at radius 1 is 0.692 bits per heavy atom. The molecule has 0 fully saturated rings. The first-order chi connectivity index (χ1) is 12.6. The van der Waals surface area contributed by atoms with Gasteiger partial charge in [0.05, 0.1) is 5.92 Å². The Hall–Kier alpha value is -3.60. The van der Waals surface area contributed by atoms with E-state index in [-0.39, 0.29) is 5.91 Å². The molecule has 3 rings (SSSR count). The zero-order valence-electron chi connectivity index (χ0n) is 14.1. The number of rotatable bonds is 5. The lowest BCUT2D eigenvalue weighted by atomic mass is 9.90. The highest BCUT2D eigenvalue weighted by atomic mass is 16.2. The van der Waals surface area contributed by atoms with Crippen LogP contribution in [-0.2, 0) is 4.79 Å². The molecule has 5 heteroatoms. The highest BCUT2D eigenvalue weighted by Crippen LogP contribution is 2.26. The van der Waals surface area contributed by atoms with Gasteiger partial charge in [-0.2, -0.15) is 0 Å². The normalized spacial score (nSPS) is 10.3. The van der Waals surface area contributed by atoms with Crippen LogP contribution in [0.2, 0.25) is 0 Å². The number of nitrogens with two attached hydrogens (primary N) is 1. The molecular formula is C21H19N3O2. The Morgan fingerprint density at radius 3 is 1.69 bits per heavy atom. The number of hydrogen-bond donors (Lipinski definition) is 3. The van der Waals surface area contributed by atoms with E-state index in [0.717, 1.165) is 11.1 Å². The number of amides is 3. The van der Waals surface area contributed by atoms with Gasteiger partial charge in [0.2, 0.25) is 5.91 Å². The maximum absolute atomic E-state index is 13.0. The van der Waals surface area contributed by atoms with E-state index in [1.165, 1.54) is 0 Å². The smallest absolute Gasteiger partial charge is 0.316 e. The molecule has 26 heavy (non-hydrogen) atoms. The molecule has 5 nitrogen and oxygen atoms in total. The van der Waals surface area contributed by atoms with E-state index < -0.39 is 11.9 Å². The molecule has 0 atom stereocenters. The summed E-state index contributed by atoms with van der Waals surface area (Å²) in [5, 5.41) is 5.42. The zero-order valence-corrected chi connectivity index (χ0v) is 14.1. The van der Waals surface area contributed by atoms with Crippen molar-refractivity contribution < 1.29 is 9.59 Å². The van der Waals surface area contributed by atoms with Crippen LogP contribution in [0.4, 0.5) is 16.2 Å². The fourth-order valence-corrected chi connectivity index (χ4v) is 2.82. The first kappa shape index (κ1) is 17.2. The maximum atomic E-state index is 13.0. The van der Waals surface area contributed by atoms with Crippen molar-refractivity contribution in [2.45, 2.75) is 5.92 Å². The monoisotopic (exact) mass is 345 g/mol. The van der Waals surface area contributed by atoms with Gasteiger partial charge in [-0.1, -0.05) is 66.7 Å². The largest absolute Gasteiger partial charge is 0.351 e. The lowest BCUT2D eigenvalue weighted by Gasteiger charge is -2.18. The van der Waals surface area contributed by atoms with Crippen molar-refractivity contribution >= 4 is 23.3 Å². The van der Waals surface area contributed by atoms with E-state index in [1.807, 2.05) is 60.7 Å². The van der Waals surface area contributed by atoms with Crippen LogP contribution in [0, 0.1) is 0 Å². The second kappa shape index (κ2) is 7.98. The highest BCUT2D eigenvalue weighted by Gasteiger charge is 2.22. The van der Waals surface area contributed by atoms with Crippen LogP contribution in [0.5, 0.6) is 0 Å². The van der Waals surface area contributed by atoms with E-state index in [9.17, 15) is 9.59 Å². The summed E-state index contributed by atoms with van der Waals surface area (Å²) in [6.07, 6.45) is 0. The van der Waals surface area contributed by atoms with Gasteiger partial charge in [0, 0.05) is 11.4 Å². The van der Waals surface area contributed by atoms with Crippen molar-refractivity contribution in [3.05, 3.63) is 96.1 Å². The molecule has 0 spiro atoms. The highest BCUT2D eigenvalue weighted by molar-refractivity contribution is 5.99. The number of primary amides is 1. The summed E-state index contributed by atoms with van der Waals surface area (Å²) < 4.78 is 0. The Labute approximate surface area is 151 Å². The van der Waals surface area contributed by atoms with Gasteiger partial charge in [-0.3, -0.25) is 4.79 Å². The van der Waals surface area contributed by atoms with Crippen molar-refractivity contribution in [1.29, 1.82) is 0 Å². The van der Waals surface area contributed by atoms with Gasteiger partial charge in [-0.15, -0.1) is 0 Å². The van der Waals surface area contributed by atoms with Crippen LogP contribution in [0.25, 0.3) is 0 Å². The van der Waals surface area contributed by atoms with Crippen molar-refractivity contribution in [2.24, 2.45) is 5.73 Å². The topological polar surface area (TPSA) is 84.2 Å². The molecule has 3 aromatic rings. The summed E-state index contributed by atoms with van der Waals surface area (Å²) in [5.41, 5.74) is 8.05. The van der Waals surface area contributed by atoms with Crippen molar-refractivity contribution in [3.63, 3.8) is 0 Å². The Balaban J connectivity index is 1.88. The summed E-state index contributed by atoms with van der Waals surface area (Å²) in [6, 6.07) is 25.4. The van der Waals surface area contributed by atoms with Crippen LogP contribution >= 0.6 is 0 Å². The Kier molecular flexibility index (Phi) is 5.29. The second-order valence-corrected chi connectivity index (χ2v) is 5.81. The van der Waals surface area contributed by atoms with Gasteiger partial charge < -0.3 is 16.4 Å². The average molecular weight is 345 g/mol. The second-order valence-electron chi connectivity index (χ2n) is 5.81. The number of anilines is 2. The molecule has 0 aliphatic carbocycles. The molecule has 3 amide bonds. The van der Waals surface area contributed by atoms with Crippen LogP contribution < -0.4 is 16.4 Å². The molecule has 4 N–H and O–H groups in total. The quantitative estimate of drug-likeness (QED) is 0.654. The van der Waals surface area contributed by atoms with Crippen molar-refractivity contribution in [1.82, 2.24) is 0 Å². The van der Waals surface area contributed by atoms with Crippen LogP contribution in [0.15, 0.2) is 84.9 Å². The van der Waals surface area contributed by atoms with Crippen LogP contribution in [0.1, 0.15) is 17.0 Å². The molecular weight excluding hydrogens is 326 g/mol. The predicted octanol–water partition coefficient (Wildman–Crippen LogP) is 3.95. The van der Waals surface area contributed by atoms with Crippen LogP contribution in [-0.4, -0.2) is 11.9 Å². The lowest BCUT2D eigenvalue weighted by molar-refractivity contribution is -0.116. The third-order valence-electron chi connectivity index (χ3n) is 3.93. The summed E-state index contributed by atoms with van der Waals surface area (Å²) in [4.78, 5) is 24.0. The molecule has 0 bridgehead atoms. The third-order valence-corrected chi connectivity index (χ3v) is 3.93. The van der Waals surface area contributed by atoms with E-state index in [2.05, 4.69) is 10.6 Å². The van der Waals surface area contributed by atoms with Crippen molar-refractivity contribution in [3.8, 4) is 0 Å². The fourth-order valence-electron chi connectivity index (χ4n) is 2.82. The molecule has 0 aliphatic rings. The minimum absolute atomic E-state index is 0.154. The lowest BCUT2D eigenvalue weighted by Crippen LogP contribution is -2.22. The van der Waals surface area contributed by atoms with Crippen molar-refractivity contribution in [2.75, 3.05) is 10.6 Å². The Morgan fingerprint density at radius 2 is 1.19 bits per heavy atom. The number of nitrogens with one attached hydrogen (secondary N) is 2. The predicted molar refractivity (Wildman–Crippen MR) is 103 cm³/mol. The van der Waals surface area contributed by atoms with Gasteiger partial charge >= 0.3 is 6.03 Å². The standard InChI is InChI=1S/C21H19N3O2/c22-21(26)24-18-13-7-12-17(14-18)23-20(25)19(15-8-3-1-4-9-15)16-10-5-2-6-11-16/h1-14,19H,(H,23,25)(H3,22,24,26). The zero-order chi connectivity index (χ0) is 18.4. The molecule has 0 saturated carbocycles. The minimum atomic E-state index is -0.653. The molecule has 0 aliphatic heterocycles. The van der Waals surface area contributed by atoms with E-state index in [4.69, 9.17) is 5.73 Å². The number of carbonyl (C=O) groups excluding carboxylic acids is 2. The third kappa shape index (κ3) is 4.27. The summed E-state index contributed by atoms with van der Waals surface area (Å²) in [7, 11) is 0. The minimum Gasteiger partial charge on any atom is -0.351 e. The summed E-state index contributed by atoms with van der Waals surface area (Å²) >= 11 is 0. The van der Waals surface area contributed by atoms with Gasteiger partial charge in [0.1, 0.15) is 0 Å². The molecule has 0 saturated heterocycles. The maximum Gasteiger partial charge on any atom is 0.316 e. The number of benzene rings is 3. The number of carbonyl (C=O) groups is 2. The Bertz CT molecular complexity index is 856. The van der Waals surface area contributed by atoms with E-state index >= 15 is 0 Å². The number of urea groups is 1. The first-order valence-corrected chi connectivity index (χ1v) is 8.21. The van der Waals surface area contributed by atoms with Crippen LogP contribution in [0.3, 0.4) is 0 Å². The molecule has 0 heterocycles. The van der Waals surface area contributed by atoms with Gasteiger partial charge in [-0.05, 0) is 29.3 Å². The SMILES string of the molecule is NC(=O)Nc1cccc(NC(=O)C(c2ccccc2)c2ccccc2)c1. The van der Waals surface area contributed by atoms with E-state index in [1.54, 1.807) is 24.3 Å². The van der Waals surface area contributed by atoms with Gasteiger partial charge in [-0.25, -0.2) is 4.79 Å². The van der Waals surface area contributed by atoms with Gasteiger partial charge in [0.25, 0.3) is 0 Å². The first-order valence-electron chi connectivity index (χ1n) is 8.21. The van der Waals surface area contributed by atoms with E-state index in [0.29, 0.717) is 11.4 Å². The molecule has 0 unspecified atom stereocenters. The molecule has 3 aromatic carbocycles. The molecule has 130 valence electrons. The average Bonchev–Trinajstić information content (AvgIpc) is 2.63. The van der Waals surface area contributed by atoms with Gasteiger partial charge in [0.15, 0.2) is 0 Å². The number of hydrogen-bond acceptors (Lipinski definition) is 2. The summed E-state index contributed by atoms with van der Waals surface area (Å²) in [5.74, 6) is -0.594. The molecule has 0 radical (unpaired) electrons. The fraction of sp³-hybridized carbons (Fsp3) is 0.0476.